The number of urea groups is 1. The van der Waals surface area contributed by atoms with Crippen molar-refractivity contribution in [3.8, 4) is 11.5 Å². The molecule has 2 N–H and O–H groups in total. The molecule has 1 atom stereocenters. The topological polar surface area (TPSA) is 97.0 Å². The molecule has 1 saturated heterocycles. The van der Waals surface area contributed by atoms with Gasteiger partial charge in [0.15, 0.2) is 0 Å². The standard InChI is InChI=1S/C22H23N3O5/c1-29-16-9-14(10-17(11-16)30-2)12-23-19(26)13-25-20(27)22(24-21(25)28)8-7-15-5-3-4-6-18(15)22/h3-6,9-11H,7-8,12-13H2,1-2H3,(H,23,26)(H,24,28). The number of methoxy groups -OCH3 is 2. The lowest BCUT2D eigenvalue weighted by molar-refractivity contribution is -0.135. The second-order valence-electron chi connectivity index (χ2n) is 7.38. The van der Waals surface area contributed by atoms with E-state index in [4.69, 9.17) is 9.47 Å². The molecule has 1 fully saturated rings. The molecule has 0 aromatic heterocycles. The molecule has 8 nitrogen and oxygen atoms in total. The Hall–Kier alpha value is -3.55. The smallest absolute Gasteiger partial charge is 0.325 e. The van der Waals surface area contributed by atoms with E-state index >= 15 is 0 Å². The summed E-state index contributed by atoms with van der Waals surface area (Å²) in [5.41, 5.74) is 1.57. The minimum Gasteiger partial charge on any atom is -0.497 e. The number of amides is 4. The number of carbonyl (C=O) groups excluding carboxylic acids is 3. The molecular formula is C22H23N3O5. The zero-order valence-corrected chi connectivity index (χ0v) is 16.9. The zero-order valence-electron chi connectivity index (χ0n) is 16.9. The second kappa shape index (κ2) is 7.70. The van der Waals surface area contributed by atoms with Crippen molar-refractivity contribution in [2.45, 2.75) is 24.9 Å². The molecular weight excluding hydrogens is 386 g/mol. The first-order valence-electron chi connectivity index (χ1n) is 9.68. The molecule has 4 rings (SSSR count). The van der Waals surface area contributed by atoms with Gasteiger partial charge in [-0.25, -0.2) is 4.79 Å². The van der Waals surface area contributed by atoms with E-state index in [1.54, 1.807) is 32.4 Å². The SMILES string of the molecule is COc1cc(CNC(=O)CN2C(=O)NC3(CCc4ccccc43)C2=O)cc(OC)c1. The summed E-state index contributed by atoms with van der Waals surface area (Å²) in [6.07, 6.45) is 1.21. The van der Waals surface area contributed by atoms with Crippen LogP contribution < -0.4 is 20.1 Å². The highest BCUT2D eigenvalue weighted by molar-refractivity contribution is 6.09. The van der Waals surface area contributed by atoms with E-state index < -0.39 is 17.5 Å². The maximum Gasteiger partial charge on any atom is 0.325 e. The Morgan fingerprint density at radius 3 is 2.53 bits per heavy atom. The number of aryl methyl sites for hydroxylation is 1. The Morgan fingerprint density at radius 1 is 1.13 bits per heavy atom. The fourth-order valence-electron chi connectivity index (χ4n) is 4.10. The maximum atomic E-state index is 13.1. The van der Waals surface area contributed by atoms with Crippen molar-refractivity contribution in [1.82, 2.24) is 15.5 Å². The average Bonchev–Trinajstić information content (AvgIpc) is 3.25. The third-order valence-electron chi connectivity index (χ3n) is 5.62. The Labute approximate surface area is 174 Å². The summed E-state index contributed by atoms with van der Waals surface area (Å²) in [6, 6.07) is 12.3. The third-order valence-corrected chi connectivity index (χ3v) is 5.62. The molecule has 1 spiro atoms. The highest BCUT2D eigenvalue weighted by Crippen LogP contribution is 2.41. The van der Waals surface area contributed by atoms with Crippen LogP contribution in [0.25, 0.3) is 0 Å². The highest BCUT2D eigenvalue weighted by atomic mass is 16.5. The van der Waals surface area contributed by atoms with Crippen molar-refractivity contribution in [2.75, 3.05) is 20.8 Å². The predicted octanol–water partition coefficient (Wildman–Crippen LogP) is 1.71. The molecule has 1 unspecified atom stereocenters. The summed E-state index contributed by atoms with van der Waals surface area (Å²) in [4.78, 5) is 39.1. The van der Waals surface area contributed by atoms with Crippen LogP contribution in [0.1, 0.15) is 23.1 Å². The fraction of sp³-hybridized carbons (Fsp3) is 0.318. The molecule has 2 aromatic carbocycles. The molecule has 4 amide bonds. The summed E-state index contributed by atoms with van der Waals surface area (Å²) in [5, 5.41) is 5.56. The van der Waals surface area contributed by atoms with Crippen LogP contribution >= 0.6 is 0 Å². The first-order valence-corrected chi connectivity index (χ1v) is 9.68. The number of nitrogens with one attached hydrogen (secondary N) is 2. The van der Waals surface area contributed by atoms with Crippen molar-refractivity contribution in [1.29, 1.82) is 0 Å². The molecule has 0 saturated carbocycles. The number of imide groups is 1. The van der Waals surface area contributed by atoms with E-state index in [9.17, 15) is 14.4 Å². The van der Waals surface area contributed by atoms with Crippen LogP contribution in [-0.2, 0) is 28.1 Å². The number of benzene rings is 2. The Kier molecular flexibility index (Phi) is 5.07. The van der Waals surface area contributed by atoms with Gasteiger partial charge in [0.1, 0.15) is 23.6 Å². The number of fused-ring (bicyclic) bond motifs is 2. The van der Waals surface area contributed by atoms with Crippen LogP contribution in [0.15, 0.2) is 42.5 Å². The van der Waals surface area contributed by atoms with E-state index in [0.717, 1.165) is 21.6 Å². The molecule has 1 aliphatic carbocycles. The Morgan fingerprint density at radius 2 is 1.83 bits per heavy atom. The maximum absolute atomic E-state index is 13.1. The first kappa shape index (κ1) is 19.8. The van der Waals surface area contributed by atoms with Gasteiger partial charge in [0, 0.05) is 12.6 Å². The molecule has 1 aliphatic heterocycles. The zero-order chi connectivity index (χ0) is 21.3. The van der Waals surface area contributed by atoms with Crippen LogP contribution in [0.2, 0.25) is 0 Å². The normalized spacial score (nSPS) is 19.6. The van der Waals surface area contributed by atoms with Gasteiger partial charge in [0.05, 0.1) is 14.2 Å². The van der Waals surface area contributed by atoms with Crippen LogP contribution in [0.3, 0.4) is 0 Å². The number of hydrogen-bond acceptors (Lipinski definition) is 5. The van der Waals surface area contributed by atoms with Crippen LogP contribution in [0.4, 0.5) is 4.79 Å². The number of ether oxygens (including phenoxy) is 2. The summed E-state index contributed by atoms with van der Waals surface area (Å²) >= 11 is 0. The minimum absolute atomic E-state index is 0.212. The van der Waals surface area contributed by atoms with Crippen LogP contribution in [0.5, 0.6) is 11.5 Å². The second-order valence-corrected chi connectivity index (χ2v) is 7.38. The fourth-order valence-corrected chi connectivity index (χ4v) is 4.10. The number of hydrogen-bond donors (Lipinski definition) is 2. The van der Waals surface area contributed by atoms with Crippen molar-refractivity contribution >= 4 is 17.8 Å². The van der Waals surface area contributed by atoms with Gasteiger partial charge >= 0.3 is 6.03 Å². The lowest BCUT2D eigenvalue weighted by Gasteiger charge is -2.22. The lowest BCUT2D eigenvalue weighted by atomic mass is 9.92. The van der Waals surface area contributed by atoms with E-state index in [1.165, 1.54) is 0 Å². The molecule has 0 bridgehead atoms. The van der Waals surface area contributed by atoms with Gasteiger partial charge in [-0.3, -0.25) is 14.5 Å². The van der Waals surface area contributed by atoms with Crippen molar-refractivity contribution in [3.63, 3.8) is 0 Å². The number of carbonyl (C=O) groups is 3. The van der Waals surface area contributed by atoms with Gasteiger partial charge in [0.25, 0.3) is 5.91 Å². The van der Waals surface area contributed by atoms with Gasteiger partial charge in [-0.2, -0.15) is 0 Å². The van der Waals surface area contributed by atoms with Crippen LogP contribution in [0, 0.1) is 0 Å². The Bertz CT molecular complexity index is 999. The van der Waals surface area contributed by atoms with Crippen molar-refractivity contribution in [2.24, 2.45) is 0 Å². The van der Waals surface area contributed by atoms with Crippen LogP contribution in [-0.4, -0.2) is 43.5 Å². The summed E-state index contributed by atoms with van der Waals surface area (Å²) in [6.45, 7) is -0.125. The van der Waals surface area contributed by atoms with Gasteiger partial charge in [-0.05, 0) is 41.7 Å². The molecule has 30 heavy (non-hydrogen) atoms. The third kappa shape index (κ3) is 3.34. The predicted molar refractivity (Wildman–Crippen MR) is 108 cm³/mol. The summed E-state index contributed by atoms with van der Waals surface area (Å²) in [5.74, 6) is 0.406. The molecule has 156 valence electrons. The van der Waals surface area contributed by atoms with Crippen molar-refractivity contribution in [3.05, 3.63) is 59.2 Å². The molecule has 0 radical (unpaired) electrons. The Balaban J connectivity index is 1.43. The van der Waals surface area contributed by atoms with E-state index in [0.29, 0.717) is 24.3 Å². The van der Waals surface area contributed by atoms with E-state index in [-0.39, 0.29) is 19.0 Å². The largest absolute Gasteiger partial charge is 0.497 e. The number of nitrogens with zero attached hydrogens (tertiary/aromatic N) is 1. The molecule has 2 aromatic rings. The van der Waals surface area contributed by atoms with Gasteiger partial charge in [0.2, 0.25) is 5.91 Å². The van der Waals surface area contributed by atoms with E-state index in [1.807, 2.05) is 24.3 Å². The highest BCUT2D eigenvalue weighted by Gasteiger charge is 2.55. The minimum atomic E-state index is -1.06. The van der Waals surface area contributed by atoms with Gasteiger partial charge < -0.3 is 20.1 Å². The van der Waals surface area contributed by atoms with Crippen molar-refractivity contribution < 1.29 is 23.9 Å². The monoisotopic (exact) mass is 409 g/mol. The number of rotatable bonds is 6. The molecule has 8 heteroatoms. The summed E-state index contributed by atoms with van der Waals surface area (Å²) in [7, 11) is 3.09. The lowest BCUT2D eigenvalue weighted by Crippen LogP contribution is -2.43. The van der Waals surface area contributed by atoms with E-state index in [2.05, 4.69) is 10.6 Å². The molecule has 1 heterocycles. The molecule has 2 aliphatic rings. The first-order chi connectivity index (χ1) is 14.5. The average molecular weight is 409 g/mol. The summed E-state index contributed by atoms with van der Waals surface area (Å²) < 4.78 is 10.4. The van der Waals surface area contributed by atoms with Gasteiger partial charge in [-0.15, -0.1) is 0 Å². The quantitative estimate of drug-likeness (QED) is 0.708. The van der Waals surface area contributed by atoms with Gasteiger partial charge in [-0.1, -0.05) is 24.3 Å².